The molecule has 22 heavy (non-hydrogen) atoms. The molecule has 5 nitrogen and oxygen atoms in total. The monoisotopic (exact) mass is 293 g/mol. The Hall–Kier alpha value is -2.95. The molecule has 1 N–H and O–H groups in total. The Balaban J connectivity index is 1.93. The van der Waals surface area contributed by atoms with Crippen molar-refractivity contribution in [1.29, 1.82) is 0 Å². The number of aryl methyl sites for hydroxylation is 1. The van der Waals surface area contributed by atoms with Crippen LogP contribution in [0.5, 0.6) is 0 Å². The molecule has 1 heterocycles. The number of benzene rings is 2. The SMILES string of the molecule is Cc1ccc(CNc2ccc([N+](=O)[O-])c3cnccc23)cc1. The summed E-state index contributed by atoms with van der Waals surface area (Å²) >= 11 is 0. The summed E-state index contributed by atoms with van der Waals surface area (Å²) in [6.07, 6.45) is 3.17. The van der Waals surface area contributed by atoms with E-state index in [4.69, 9.17) is 0 Å². The highest BCUT2D eigenvalue weighted by molar-refractivity contribution is 5.99. The maximum atomic E-state index is 11.1. The van der Waals surface area contributed by atoms with Gasteiger partial charge in [-0.05, 0) is 24.6 Å². The lowest BCUT2D eigenvalue weighted by atomic mass is 10.1. The predicted octanol–water partition coefficient (Wildman–Crippen LogP) is 4.06. The number of aromatic nitrogens is 1. The van der Waals surface area contributed by atoms with Crippen molar-refractivity contribution in [3.63, 3.8) is 0 Å². The van der Waals surface area contributed by atoms with E-state index in [-0.39, 0.29) is 10.6 Å². The molecule has 0 fully saturated rings. The van der Waals surface area contributed by atoms with E-state index in [1.54, 1.807) is 18.3 Å². The number of anilines is 1. The molecule has 0 aliphatic carbocycles. The summed E-state index contributed by atoms with van der Waals surface area (Å²) in [4.78, 5) is 14.7. The van der Waals surface area contributed by atoms with Gasteiger partial charge in [0.15, 0.2) is 0 Å². The van der Waals surface area contributed by atoms with E-state index in [9.17, 15) is 10.1 Å². The molecular weight excluding hydrogens is 278 g/mol. The van der Waals surface area contributed by atoms with Gasteiger partial charge in [-0.25, -0.2) is 0 Å². The first-order valence-corrected chi connectivity index (χ1v) is 6.95. The summed E-state index contributed by atoms with van der Waals surface area (Å²) in [5.41, 5.74) is 3.31. The fraction of sp³-hybridized carbons (Fsp3) is 0.118. The number of nitrogens with zero attached hydrogens (tertiary/aromatic N) is 2. The summed E-state index contributed by atoms with van der Waals surface area (Å²) < 4.78 is 0. The van der Waals surface area contributed by atoms with Crippen LogP contribution in [0.2, 0.25) is 0 Å². The van der Waals surface area contributed by atoms with Gasteiger partial charge < -0.3 is 5.32 Å². The molecule has 0 radical (unpaired) electrons. The third-order valence-electron chi connectivity index (χ3n) is 3.60. The Morgan fingerprint density at radius 1 is 1.09 bits per heavy atom. The maximum Gasteiger partial charge on any atom is 0.278 e. The van der Waals surface area contributed by atoms with Crippen molar-refractivity contribution >= 4 is 22.1 Å². The zero-order valence-corrected chi connectivity index (χ0v) is 12.1. The molecule has 0 aliphatic heterocycles. The predicted molar refractivity (Wildman–Crippen MR) is 86.9 cm³/mol. The molecule has 5 heteroatoms. The number of hydrogen-bond acceptors (Lipinski definition) is 4. The minimum absolute atomic E-state index is 0.0731. The minimum atomic E-state index is -0.381. The lowest BCUT2D eigenvalue weighted by Gasteiger charge is -2.10. The summed E-state index contributed by atoms with van der Waals surface area (Å²) in [7, 11) is 0. The molecule has 0 atom stereocenters. The van der Waals surface area contributed by atoms with Gasteiger partial charge in [-0.15, -0.1) is 0 Å². The Morgan fingerprint density at radius 3 is 2.59 bits per heavy atom. The number of rotatable bonds is 4. The fourth-order valence-electron chi connectivity index (χ4n) is 2.39. The zero-order valence-electron chi connectivity index (χ0n) is 12.1. The van der Waals surface area contributed by atoms with Crippen molar-refractivity contribution in [2.24, 2.45) is 0 Å². The first kappa shape index (κ1) is 14.0. The zero-order chi connectivity index (χ0) is 15.5. The lowest BCUT2D eigenvalue weighted by Crippen LogP contribution is -2.01. The second-order valence-electron chi connectivity index (χ2n) is 5.15. The number of pyridine rings is 1. The van der Waals surface area contributed by atoms with Crippen LogP contribution >= 0.6 is 0 Å². The topological polar surface area (TPSA) is 68.1 Å². The van der Waals surface area contributed by atoms with Gasteiger partial charge in [-0.2, -0.15) is 0 Å². The Kier molecular flexibility index (Phi) is 3.70. The van der Waals surface area contributed by atoms with Crippen molar-refractivity contribution in [2.75, 3.05) is 5.32 Å². The van der Waals surface area contributed by atoms with Crippen molar-refractivity contribution in [1.82, 2.24) is 4.98 Å². The molecule has 0 saturated carbocycles. The fourth-order valence-corrected chi connectivity index (χ4v) is 2.39. The van der Waals surface area contributed by atoms with Crippen LogP contribution in [-0.4, -0.2) is 9.91 Å². The van der Waals surface area contributed by atoms with Gasteiger partial charge in [-0.1, -0.05) is 29.8 Å². The second-order valence-corrected chi connectivity index (χ2v) is 5.15. The molecule has 0 bridgehead atoms. The summed E-state index contributed by atoms with van der Waals surface area (Å²) in [6, 6.07) is 13.3. The Bertz CT molecular complexity index is 829. The van der Waals surface area contributed by atoms with Gasteiger partial charge >= 0.3 is 0 Å². The molecule has 0 spiro atoms. The van der Waals surface area contributed by atoms with Crippen LogP contribution in [0.15, 0.2) is 54.9 Å². The number of fused-ring (bicyclic) bond motifs is 1. The van der Waals surface area contributed by atoms with Crippen LogP contribution in [0.25, 0.3) is 10.8 Å². The highest BCUT2D eigenvalue weighted by atomic mass is 16.6. The van der Waals surface area contributed by atoms with Gasteiger partial charge in [0, 0.05) is 36.1 Å². The molecule has 0 saturated heterocycles. The quantitative estimate of drug-likeness (QED) is 0.581. The summed E-state index contributed by atoms with van der Waals surface area (Å²) in [5.74, 6) is 0. The van der Waals surface area contributed by atoms with E-state index in [2.05, 4.69) is 34.6 Å². The van der Waals surface area contributed by atoms with Gasteiger partial charge in [0.1, 0.15) is 0 Å². The van der Waals surface area contributed by atoms with E-state index in [0.29, 0.717) is 11.9 Å². The second kappa shape index (κ2) is 5.81. The number of nitro benzene ring substituents is 1. The molecule has 3 rings (SSSR count). The van der Waals surface area contributed by atoms with Crippen molar-refractivity contribution in [2.45, 2.75) is 13.5 Å². The van der Waals surface area contributed by atoms with Crippen LogP contribution in [0.3, 0.4) is 0 Å². The van der Waals surface area contributed by atoms with E-state index in [0.717, 1.165) is 16.6 Å². The molecule has 0 aliphatic rings. The molecule has 2 aromatic carbocycles. The third-order valence-corrected chi connectivity index (χ3v) is 3.60. The molecule has 1 aromatic heterocycles. The highest BCUT2D eigenvalue weighted by Gasteiger charge is 2.14. The van der Waals surface area contributed by atoms with Crippen LogP contribution in [0.1, 0.15) is 11.1 Å². The van der Waals surface area contributed by atoms with E-state index in [1.165, 1.54) is 17.8 Å². The highest BCUT2D eigenvalue weighted by Crippen LogP contribution is 2.30. The number of non-ortho nitro benzene ring substituents is 1. The first-order chi connectivity index (χ1) is 10.6. The number of hydrogen-bond donors (Lipinski definition) is 1. The average Bonchev–Trinajstić information content (AvgIpc) is 2.53. The van der Waals surface area contributed by atoms with E-state index < -0.39 is 0 Å². The van der Waals surface area contributed by atoms with Crippen molar-refractivity contribution < 1.29 is 4.92 Å². The number of nitro groups is 1. The molecular formula is C17H15N3O2. The third kappa shape index (κ3) is 2.74. The normalized spacial score (nSPS) is 10.6. The molecule has 0 amide bonds. The molecule has 0 unspecified atom stereocenters. The van der Waals surface area contributed by atoms with Gasteiger partial charge in [0.25, 0.3) is 5.69 Å². The minimum Gasteiger partial charge on any atom is -0.380 e. The van der Waals surface area contributed by atoms with Crippen LogP contribution < -0.4 is 5.32 Å². The first-order valence-electron chi connectivity index (χ1n) is 6.95. The van der Waals surface area contributed by atoms with E-state index >= 15 is 0 Å². The summed E-state index contributed by atoms with van der Waals surface area (Å²) in [5, 5.41) is 15.8. The van der Waals surface area contributed by atoms with E-state index in [1.807, 2.05) is 6.92 Å². The molecule has 110 valence electrons. The van der Waals surface area contributed by atoms with Gasteiger partial charge in [-0.3, -0.25) is 15.1 Å². The standard InChI is InChI=1S/C17H15N3O2/c1-12-2-4-13(5-3-12)10-19-16-6-7-17(20(21)22)15-11-18-9-8-14(15)16/h2-9,11,19H,10H2,1H3. The Morgan fingerprint density at radius 2 is 1.86 bits per heavy atom. The van der Waals surface area contributed by atoms with Crippen LogP contribution in [0, 0.1) is 17.0 Å². The number of nitrogens with one attached hydrogen (secondary N) is 1. The van der Waals surface area contributed by atoms with Crippen LogP contribution in [-0.2, 0) is 6.54 Å². The lowest BCUT2D eigenvalue weighted by molar-refractivity contribution is -0.383. The van der Waals surface area contributed by atoms with Gasteiger partial charge in [0.2, 0.25) is 0 Å². The Labute approximate surface area is 127 Å². The average molecular weight is 293 g/mol. The summed E-state index contributed by atoms with van der Waals surface area (Å²) in [6.45, 7) is 2.71. The molecule has 3 aromatic rings. The smallest absolute Gasteiger partial charge is 0.278 e. The maximum absolute atomic E-state index is 11.1. The van der Waals surface area contributed by atoms with Gasteiger partial charge in [0.05, 0.1) is 10.3 Å². The largest absolute Gasteiger partial charge is 0.380 e. The van der Waals surface area contributed by atoms with Crippen molar-refractivity contribution in [3.8, 4) is 0 Å². The van der Waals surface area contributed by atoms with Crippen LogP contribution in [0.4, 0.5) is 11.4 Å². The van der Waals surface area contributed by atoms with Crippen molar-refractivity contribution in [3.05, 3.63) is 76.1 Å².